The zero-order valence-corrected chi connectivity index (χ0v) is 15.9. The molecule has 27 heavy (non-hydrogen) atoms. The van der Waals surface area contributed by atoms with Crippen LogP contribution in [0, 0.1) is 0 Å². The summed E-state index contributed by atoms with van der Waals surface area (Å²) in [4.78, 5) is 28.9. The molecule has 2 aromatic rings. The molecule has 4 nitrogen and oxygen atoms in total. The fraction of sp³-hybridized carbons (Fsp3) is 0.273. The average molecular weight is 378 g/mol. The van der Waals surface area contributed by atoms with E-state index < -0.39 is 0 Å². The maximum absolute atomic E-state index is 12.8. The van der Waals surface area contributed by atoms with E-state index in [-0.39, 0.29) is 11.8 Å². The Balaban J connectivity index is 1.55. The highest BCUT2D eigenvalue weighted by Gasteiger charge is 2.24. The lowest BCUT2D eigenvalue weighted by Crippen LogP contribution is -2.32. The van der Waals surface area contributed by atoms with Gasteiger partial charge in [0.1, 0.15) is 0 Å². The molecule has 2 aromatic carbocycles. The number of hydrogen-bond acceptors (Lipinski definition) is 3. The molecule has 1 fully saturated rings. The highest BCUT2D eigenvalue weighted by atomic mass is 32.2. The Morgan fingerprint density at radius 3 is 2.48 bits per heavy atom. The van der Waals surface area contributed by atoms with Crippen molar-refractivity contribution in [2.75, 3.05) is 18.4 Å². The number of likely N-dealkylation sites (tertiary alicyclic amines) is 1. The average Bonchev–Trinajstić information content (AvgIpc) is 2.98. The normalized spacial score (nSPS) is 18.6. The van der Waals surface area contributed by atoms with Crippen molar-refractivity contribution in [1.82, 2.24) is 4.90 Å². The molecule has 2 heterocycles. The van der Waals surface area contributed by atoms with Gasteiger partial charge in [0.05, 0.1) is 10.6 Å². The standard InChI is InChI=1S/C22H22N2O2S/c25-21-20(14-16-8-4-3-5-9-16)27-19-11-10-17(15-18(19)23-21)22(26)24-12-6-1-2-7-13-24/h3-5,8-11,14-15H,1-2,6-7,12-13H2,(H,23,25). The number of nitrogens with zero attached hydrogens (tertiary/aromatic N) is 1. The van der Waals surface area contributed by atoms with Crippen molar-refractivity contribution in [3.8, 4) is 0 Å². The number of fused-ring (bicyclic) bond motifs is 1. The van der Waals surface area contributed by atoms with Crippen LogP contribution in [-0.2, 0) is 4.79 Å². The van der Waals surface area contributed by atoms with Crippen molar-refractivity contribution in [2.24, 2.45) is 0 Å². The minimum atomic E-state index is -0.129. The molecule has 0 spiro atoms. The van der Waals surface area contributed by atoms with Crippen molar-refractivity contribution >= 4 is 35.3 Å². The maximum Gasteiger partial charge on any atom is 0.262 e. The van der Waals surface area contributed by atoms with Gasteiger partial charge in [0.2, 0.25) is 0 Å². The second-order valence-electron chi connectivity index (χ2n) is 6.89. The van der Waals surface area contributed by atoms with Crippen molar-refractivity contribution in [2.45, 2.75) is 30.6 Å². The number of benzene rings is 2. The lowest BCUT2D eigenvalue weighted by atomic mass is 10.1. The molecule has 0 unspecified atom stereocenters. The van der Waals surface area contributed by atoms with Crippen LogP contribution in [0.3, 0.4) is 0 Å². The van der Waals surface area contributed by atoms with Crippen LogP contribution < -0.4 is 5.32 Å². The van der Waals surface area contributed by atoms with E-state index in [1.807, 2.05) is 59.5 Å². The minimum absolute atomic E-state index is 0.0598. The van der Waals surface area contributed by atoms with Crippen molar-refractivity contribution in [3.63, 3.8) is 0 Å². The van der Waals surface area contributed by atoms with Gasteiger partial charge < -0.3 is 10.2 Å². The summed E-state index contributed by atoms with van der Waals surface area (Å²) in [6.07, 6.45) is 6.40. The van der Waals surface area contributed by atoms with Gasteiger partial charge in [-0.3, -0.25) is 9.59 Å². The molecule has 2 aliphatic heterocycles. The fourth-order valence-electron chi connectivity index (χ4n) is 3.45. The molecule has 2 amide bonds. The van der Waals surface area contributed by atoms with Gasteiger partial charge in [-0.2, -0.15) is 0 Å². The second kappa shape index (κ2) is 8.01. The smallest absolute Gasteiger partial charge is 0.262 e. The summed E-state index contributed by atoms with van der Waals surface area (Å²) >= 11 is 1.44. The van der Waals surface area contributed by atoms with Gasteiger partial charge in [-0.1, -0.05) is 54.9 Å². The molecule has 2 aliphatic rings. The van der Waals surface area contributed by atoms with Crippen LogP contribution in [0.25, 0.3) is 6.08 Å². The third-order valence-electron chi connectivity index (χ3n) is 4.91. The van der Waals surface area contributed by atoms with E-state index in [4.69, 9.17) is 0 Å². The predicted molar refractivity (Wildman–Crippen MR) is 110 cm³/mol. The third kappa shape index (κ3) is 4.08. The first-order valence-corrected chi connectivity index (χ1v) is 10.2. The van der Waals surface area contributed by atoms with E-state index in [1.54, 1.807) is 0 Å². The number of rotatable bonds is 2. The highest BCUT2D eigenvalue weighted by Crippen LogP contribution is 2.39. The fourth-order valence-corrected chi connectivity index (χ4v) is 4.38. The van der Waals surface area contributed by atoms with Crippen LogP contribution >= 0.6 is 11.8 Å². The quantitative estimate of drug-likeness (QED) is 0.765. The van der Waals surface area contributed by atoms with Gasteiger partial charge in [0.15, 0.2) is 0 Å². The van der Waals surface area contributed by atoms with E-state index in [2.05, 4.69) is 5.32 Å². The SMILES string of the molecule is O=C1Nc2cc(C(=O)N3CCCCCC3)ccc2SC1=Cc1ccccc1. The molecule has 138 valence electrons. The number of amides is 2. The molecular formula is C22H22N2O2S. The molecular weight excluding hydrogens is 356 g/mol. The van der Waals surface area contributed by atoms with Gasteiger partial charge in [-0.25, -0.2) is 0 Å². The molecule has 0 aromatic heterocycles. The Labute approximate surface area is 163 Å². The highest BCUT2D eigenvalue weighted by molar-refractivity contribution is 8.04. The maximum atomic E-state index is 12.8. The Bertz CT molecular complexity index is 884. The van der Waals surface area contributed by atoms with Crippen LogP contribution in [0.4, 0.5) is 5.69 Å². The van der Waals surface area contributed by atoms with Crippen LogP contribution in [0.1, 0.15) is 41.6 Å². The van der Waals surface area contributed by atoms with Crippen LogP contribution in [0.5, 0.6) is 0 Å². The molecule has 1 N–H and O–H groups in total. The molecule has 0 saturated carbocycles. The summed E-state index contributed by atoms with van der Waals surface area (Å²) in [5.74, 6) is -0.0692. The largest absolute Gasteiger partial charge is 0.339 e. The number of hydrogen-bond donors (Lipinski definition) is 1. The van der Waals surface area contributed by atoms with E-state index in [9.17, 15) is 9.59 Å². The topological polar surface area (TPSA) is 49.4 Å². The van der Waals surface area contributed by atoms with Gasteiger partial charge in [0.25, 0.3) is 11.8 Å². The molecule has 1 saturated heterocycles. The van der Waals surface area contributed by atoms with Gasteiger partial charge in [-0.05, 0) is 42.7 Å². The molecule has 0 bridgehead atoms. The number of anilines is 1. The van der Waals surface area contributed by atoms with Gasteiger partial charge in [0, 0.05) is 23.5 Å². The number of nitrogens with one attached hydrogen (secondary N) is 1. The van der Waals surface area contributed by atoms with Crippen molar-refractivity contribution < 1.29 is 9.59 Å². The summed E-state index contributed by atoms with van der Waals surface area (Å²) in [7, 11) is 0. The minimum Gasteiger partial charge on any atom is -0.339 e. The summed E-state index contributed by atoms with van der Waals surface area (Å²) in [6.45, 7) is 1.64. The third-order valence-corrected chi connectivity index (χ3v) is 6.01. The van der Waals surface area contributed by atoms with E-state index >= 15 is 0 Å². The van der Waals surface area contributed by atoms with Crippen LogP contribution in [0.15, 0.2) is 58.3 Å². The first-order chi connectivity index (χ1) is 13.2. The van der Waals surface area contributed by atoms with Crippen LogP contribution in [0.2, 0.25) is 0 Å². The summed E-state index contributed by atoms with van der Waals surface area (Å²) in [6, 6.07) is 15.4. The Hall–Kier alpha value is -2.53. The van der Waals surface area contributed by atoms with E-state index in [0.717, 1.165) is 42.1 Å². The molecule has 0 aliphatic carbocycles. The Morgan fingerprint density at radius 2 is 1.74 bits per heavy atom. The van der Waals surface area contributed by atoms with Gasteiger partial charge >= 0.3 is 0 Å². The van der Waals surface area contributed by atoms with Crippen LogP contribution in [-0.4, -0.2) is 29.8 Å². The number of thioether (sulfide) groups is 1. The number of carbonyl (C=O) groups is 2. The Kier molecular flexibility index (Phi) is 5.30. The second-order valence-corrected chi connectivity index (χ2v) is 7.98. The summed E-state index contributed by atoms with van der Waals surface area (Å²) in [5.41, 5.74) is 2.36. The molecule has 5 heteroatoms. The summed E-state index contributed by atoms with van der Waals surface area (Å²) < 4.78 is 0. The predicted octanol–water partition coefficient (Wildman–Crippen LogP) is 4.79. The zero-order valence-electron chi connectivity index (χ0n) is 15.1. The lowest BCUT2D eigenvalue weighted by Gasteiger charge is -2.23. The zero-order chi connectivity index (χ0) is 18.6. The monoisotopic (exact) mass is 378 g/mol. The van der Waals surface area contributed by atoms with E-state index in [1.165, 1.54) is 24.6 Å². The summed E-state index contributed by atoms with van der Waals surface area (Å²) in [5, 5.41) is 2.94. The number of carbonyl (C=O) groups excluding carboxylic acids is 2. The Morgan fingerprint density at radius 1 is 1.00 bits per heavy atom. The van der Waals surface area contributed by atoms with E-state index in [0.29, 0.717) is 10.5 Å². The van der Waals surface area contributed by atoms with Crippen molar-refractivity contribution in [3.05, 3.63) is 64.6 Å². The molecule has 0 atom stereocenters. The van der Waals surface area contributed by atoms with Gasteiger partial charge in [-0.15, -0.1) is 0 Å². The molecule has 4 rings (SSSR count). The first-order valence-electron chi connectivity index (χ1n) is 9.40. The lowest BCUT2D eigenvalue weighted by molar-refractivity contribution is -0.112. The first kappa shape index (κ1) is 17.9. The van der Waals surface area contributed by atoms with Crippen molar-refractivity contribution in [1.29, 1.82) is 0 Å². The molecule has 0 radical (unpaired) electrons.